The van der Waals surface area contributed by atoms with E-state index in [1.807, 2.05) is 37.5 Å². The van der Waals surface area contributed by atoms with Crippen molar-refractivity contribution in [2.24, 2.45) is 4.99 Å². The van der Waals surface area contributed by atoms with Crippen LogP contribution in [0.5, 0.6) is 0 Å². The monoisotopic (exact) mass is 429 g/mol. The molecule has 2 aromatic heterocycles. The van der Waals surface area contributed by atoms with E-state index < -0.39 is 5.95 Å². The van der Waals surface area contributed by atoms with Gasteiger partial charge in [-0.1, -0.05) is 30.3 Å². The third kappa shape index (κ3) is 2.80. The van der Waals surface area contributed by atoms with E-state index in [4.69, 9.17) is 4.99 Å². The van der Waals surface area contributed by atoms with Crippen LogP contribution in [0.2, 0.25) is 0 Å². The molecular weight excluding hydrogens is 405 g/mol. The molecule has 4 heterocycles. The molecule has 1 saturated carbocycles. The first kappa shape index (κ1) is 19.2. The highest BCUT2D eigenvalue weighted by molar-refractivity contribution is 6.20. The van der Waals surface area contributed by atoms with Crippen molar-refractivity contribution in [2.75, 3.05) is 11.9 Å². The minimum absolute atomic E-state index is 0.00403. The number of hydrogen-bond donors (Lipinski definition) is 0. The fourth-order valence-corrected chi connectivity index (χ4v) is 5.33. The van der Waals surface area contributed by atoms with Gasteiger partial charge >= 0.3 is 0 Å². The summed E-state index contributed by atoms with van der Waals surface area (Å²) < 4.78 is 15.6. The molecule has 6 nitrogen and oxygen atoms in total. The standard InChI is InChI=1S/C25H24FN5O/c1-15-23-18(24(32)29(2)25-28-20-6-3-7-21(20)31(23)25)14-30(15)13-16-9-11-17(12-10-16)19-5-4-8-22(26)27-19/h4-5,8-12,14,20-21H,3,6-7,13H2,1-2H3/t20-,21+/m1/s1. The van der Waals surface area contributed by atoms with Crippen LogP contribution in [-0.4, -0.2) is 45.4 Å². The van der Waals surface area contributed by atoms with E-state index in [1.54, 1.807) is 17.0 Å². The van der Waals surface area contributed by atoms with Gasteiger partial charge in [0.25, 0.3) is 5.91 Å². The number of anilines is 1. The second kappa shape index (κ2) is 7.02. The van der Waals surface area contributed by atoms with Crippen LogP contribution in [0, 0.1) is 12.9 Å². The maximum absolute atomic E-state index is 13.5. The molecule has 2 aliphatic heterocycles. The first-order valence-electron chi connectivity index (χ1n) is 11.1. The van der Waals surface area contributed by atoms with Gasteiger partial charge in [-0.05, 0) is 43.9 Å². The number of guanidine groups is 1. The predicted octanol–water partition coefficient (Wildman–Crippen LogP) is 4.23. The molecular formula is C25H24FN5O. The van der Waals surface area contributed by atoms with Crippen LogP contribution in [0.3, 0.4) is 0 Å². The number of rotatable bonds is 3. The molecule has 1 aliphatic carbocycles. The minimum Gasteiger partial charge on any atom is -0.344 e. The van der Waals surface area contributed by atoms with Crippen molar-refractivity contribution in [3.05, 3.63) is 71.4 Å². The highest BCUT2D eigenvalue weighted by Crippen LogP contribution is 2.42. The van der Waals surface area contributed by atoms with Crippen molar-refractivity contribution < 1.29 is 9.18 Å². The van der Waals surface area contributed by atoms with E-state index in [9.17, 15) is 9.18 Å². The van der Waals surface area contributed by atoms with Gasteiger partial charge in [0.2, 0.25) is 11.9 Å². The molecule has 3 aromatic rings. The lowest BCUT2D eigenvalue weighted by atomic mass is 10.1. The third-order valence-electron chi connectivity index (χ3n) is 6.98. The van der Waals surface area contributed by atoms with Crippen LogP contribution in [-0.2, 0) is 6.54 Å². The molecule has 6 rings (SSSR count). The molecule has 7 heteroatoms. The largest absolute Gasteiger partial charge is 0.344 e. The van der Waals surface area contributed by atoms with Gasteiger partial charge in [0, 0.05) is 31.0 Å². The number of hydrogen-bond acceptors (Lipinski definition) is 4. The Bertz CT molecular complexity index is 1260. The Labute approximate surface area is 186 Å². The molecule has 1 amide bonds. The summed E-state index contributed by atoms with van der Waals surface area (Å²) in [6, 6.07) is 13.4. The zero-order valence-corrected chi connectivity index (χ0v) is 18.1. The lowest BCUT2D eigenvalue weighted by Gasteiger charge is -2.35. The van der Waals surface area contributed by atoms with Crippen LogP contribution in [0.15, 0.2) is 53.7 Å². The molecule has 32 heavy (non-hydrogen) atoms. The summed E-state index contributed by atoms with van der Waals surface area (Å²) in [5.74, 6) is 0.318. The summed E-state index contributed by atoms with van der Waals surface area (Å²) >= 11 is 0. The summed E-state index contributed by atoms with van der Waals surface area (Å²) in [6.07, 6.45) is 5.36. The highest BCUT2D eigenvalue weighted by Gasteiger charge is 2.47. The molecule has 1 fully saturated rings. The smallest absolute Gasteiger partial charge is 0.264 e. The summed E-state index contributed by atoms with van der Waals surface area (Å²) in [7, 11) is 1.82. The van der Waals surface area contributed by atoms with E-state index >= 15 is 0 Å². The number of halogens is 1. The van der Waals surface area contributed by atoms with Gasteiger partial charge in [-0.25, -0.2) is 9.98 Å². The molecule has 0 bridgehead atoms. The lowest BCUT2D eigenvalue weighted by Crippen LogP contribution is -2.51. The number of benzene rings is 1. The number of pyridine rings is 1. The van der Waals surface area contributed by atoms with Gasteiger partial charge in [-0.15, -0.1) is 0 Å². The van der Waals surface area contributed by atoms with Gasteiger partial charge in [0.15, 0.2) is 0 Å². The summed E-state index contributed by atoms with van der Waals surface area (Å²) in [4.78, 5) is 25.9. The van der Waals surface area contributed by atoms with Gasteiger partial charge < -0.3 is 9.47 Å². The van der Waals surface area contributed by atoms with E-state index in [0.717, 1.165) is 46.9 Å². The van der Waals surface area contributed by atoms with Crippen molar-refractivity contribution >= 4 is 17.6 Å². The first-order chi connectivity index (χ1) is 15.5. The predicted molar refractivity (Wildman–Crippen MR) is 121 cm³/mol. The van der Waals surface area contributed by atoms with Crippen LogP contribution in [0.25, 0.3) is 11.3 Å². The second-order valence-electron chi connectivity index (χ2n) is 8.88. The summed E-state index contributed by atoms with van der Waals surface area (Å²) in [6.45, 7) is 2.74. The Morgan fingerprint density at radius 2 is 1.94 bits per heavy atom. The molecule has 2 atom stereocenters. The van der Waals surface area contributed by atoms with E-state index in [2.05, 4.69) is 21.4 Å². The van der Waals surface area contributed by atoms with Crippen LogP contribution in [0.4, 0.5) is 10.1 Å². The number of aromatic nitrogens is 2. The number of carbonyl (C=O) groups is 1. The number of carbonyl (C=O) groups excluding carboxylic acids is 1. The Morgan fingerprint density at radius 3 is 2.72 bits per heavy atom. The molecule has 0 unspecified atom stereocenters. The number of amides is 1. The van der Waals surface area contributed by atoms with Crippen molar-refractivity contribution in [3.63, 3.8) is 0 Å². The van der Waals surface area contributed by atoms with Crippen molar-refractivity contribution in [1.29, 1.82) is 0 Å². The highest BCUT2D eigenvalue weighted by atomic mass is 19.1. The minimum atomic E-state index is -0.482. The zero-order chi connectivity index (χ0) is 22.0. The van der Waals surface area contributed by atoms with Crippen LogP contribution in [0.1, 0.15) is 40.9 Å². The van der Waals surface area contributed by atoms with Gasteiger partial charge in [0.1, 0.15) is 0 Å². The zero-order valence-electron chi connectivity index (χ0n) is 18.1. The Morgan fingerprint density at radius 1 is 1.12 bits per heavy atom. The van der Waals surface area contributed by atoms with Gasteiger partial charge in [-0.2, -0.15) is 4.39 Å². The molecule has 0 spiro atoms. The molecule has 0 saturated heterocycles. The van der Waals surface area contributed by atoms with E-state index in [1.165, 1.54) is 12.5 Å². The summed E-state index contributed by atoms with van der Waals surface area (Å²) in [5, 5.41) is 0. The maximum atomic E-state index is 13.5. The van der Waals surface area contributed by atoms with Crippen LogP contribution < -0.4 is 4.90 Å². The van der Waals surface area contributed by atoms with Crippen molar-refractivity contribution in [2.45, 2.75) is 44.8 Å². The molecule has 3 aliphatic rings. The fraction of sp³-hybridized carbons (Fsp3) is 0.320. The SMILES string of the molecule is Cc1c2c(cn1Cc1ccc(-c3cccc(F)n3)cc1)C(=O)N(C)C1=N[C@@H]3CCC[C@@H]3N12. The third-order valence-corrected chi connectivity index (χ3v) is 6.98. The Kier molecular flexibility index (Phi) is 4.22. The molecule has 0 N–H and O–H groups in total. The van der Waals surface area contributed by atoms with Gasteiger partial charge in [0.05, 0.1) is 29.0 Å². The van der Waals surface area contributed by atoms with E-state index in [-0.39, 0.29) is 11.9 Å². The van der Waals surface area contributed by atoms with Crippen LogP contribution >= 0.6 is 0 Å². The van der Waals surface area contributed by atoms with E-state index in [0.29, 0.717) is 18.3 Å². The molecule has 1 aromatic carbocycles. The first-order valence-corrected chi connectivity index (χ1v) is 11.1. The normalized spacial score (nSPS) is 21.5. The second-order valence-corrected chi connectivity index (χ2v) is 8.88. The van der Waals surface area contributed by atoms with Crippen molar-refractivity contribution in [1.82, 2.24) is 14.5 Å². The van der Waals surface area contributed by atoms with Crippen molar-refractivity contribution in [3.8, 4) is 11.3 Å². The molecule has 162 valence electrons. The quantitative estimate of drug-likeness (QED) is 0.586. The maximum Gasteiger partial charge on any atom is 0.264 e. The molecule has 0 radical (unpaired) electrons. The topological polar surface area (TPSA) is 53.7 Å². The lowest BCUT2D eigenvalue weighted by molar-refractivity contribution is 0.0865. The Hall–Kier alpha value is -3.48. The Balaban J connectivity index is 1.33. The number of aliphatic imine (C=N–C) groups is 1. The number of nitrogens with zero attached hydrogens (tertiary/aromatic N) is 5. The number of fused-ring (bicyclic) bond motifs is 5. The van der Waals surface area contributed by atoms with Gasteiger partial charge in [-0.3, -0.25) is 9.69 Å². The summed E-state index contributed by atoms with van der Waals surface area (Å²) in [5.41, 5.74) is 5.44. The fourth-order valence-electron chi connectivity index (χ4n) is 5.33. The average molecular weight is 429 g/mol. The average Bonchev–Trinajstić information content (AvgIpc) is 3.47.